The summed E-state index contributed by atoms with van der Waals surface area (Å²) in [5.74, 6) is -0.446. The van der Waals surface area contributed by atoms with Crippen molar-refractivity contribution in [1.29, 1.82) is 0 Å². The summed E-state index contributed by atoms with van der Waals surface area (Å²) in [6.45, 7) is 1.32. The number of carbonyl (C=O) groups is 1. The molecule has 17 heavy (non-hydrogen) atoms. The van der Waals surface area contributed by atoms with Crippen LogP contribution in [0.5, 0.6) is 5.75 Å². The van der Waals surface area contributed by atoms with E-state index in [0.29, 0.717) is 13.2 Å². The highest BCUT2D eigenvalue weighted by atomic mass is 16.5. The van der Waals surface area contributed by atoms with E-state index in [0.717, 1.165) is 12.8 Å². The van der Waals surface area contributed by atoms with E-state index in [9.17, 15) is 9.90 Å². The van der Waals surface area contributed by atoms with Gasteiger partial charge in [0.25, 0.3) is 5.91 Å². The molecule has 2 rings (SSSR count). The number of nitrogens with two attached hydrogens (primary N) is 1. The molecule has 4 N–H and O–H groups in total. The van der Waals surface area contributed by atoms with Gasteiger partial charge in [0.2, 0.25) is 0 Å². The van der Waals surface area contributed by atoms with Crippen molar-refractivity contribution < 1.29 is 14.6 Å². The summed E-state index contributed by atoms with van der Waals surface area (Å²) >= 11 is 0. The molecule has 92 valence electrons. The van der Waals surface area contributed by atoms with Gasteiger partial charge in [0, 0.05) is 19.3 Å². The highest BCUT2D eigenvalue weighted by Gasteiger charge is 2.19. The highest BCUT2D eigenvalue weighted by molar-refractivity contribution is 5.98. The lowest BCUT2D eigenvalue weighted by atomic mass is 10.1. The van der Waals surface area contributed by atoms with Gasteiger partial charge >= 0.3 is 0 Å². The smallest absolute Gasteiger partial charge is 0.255 e. The minimum Gasteiger partial charge on any atom is -0.505 e. The quantitative estimate of drug-likeness (QED) is 0.525. The predicted molar refractivity (Wildman–Crippen MR) is 63.8 cm³/mol. The Kier molecular flexibility index (Phi) is 3.49. The molecule has 5 nitrogen and oxygen atoms in total. The molecule has 1 saturated heterocycles. The van der Waals surface area contributed by atoms with Crippen LogP contribution >= 0.6 is 0 Å². The number of nitrogens with one attached hydrogen (secondary N) is 1. The van der Waals surface area contributed by atoms with Crippen molar-refractivity contribution in [2.24, 2.45) is 0 Å². The van der Waals surface area contributed by atoms with Gasteiger partial charge < -0.3 is 20.9 Å². The summed E-state index contributed by atoms with van der Waals surface area (Å²) in [6.07, 6.45) is 1.60. The SMILES string of the molecule is Nc1cccc(C(=O)NC2CCOCC2)c1O. The fourth-order valence-corrected chi connectivity index (χ4v) is 1.85. The summed E-state index contributed by atoms with van der Waals surface area (Å²) in [5.41, 5.74) is 5.97. The molecule has 1 amide bonds. The number of phenols is 1. The van der Waals surface area contributed by atoms with Crippen molar-refractivity contribution in [2.45, 2.75) is 18.9 Å². The Morgan fingerprint density at radius 1 is 1.41 bits per heavy atom. The Morgan fingerprint density at radius 2 is 2.12 bits per heavy atom. The molecule has 1 aromatic rings. The number of hydrogen-bond donors (Lipinski definition) is 3. The molecular weight excluding hydrogens is 220 g/mol. The second-order valence-electron chi connectivity index (χ2n) is 4.10. The first-order chi connectivity index (χ1) is 8.18. The predicted octanol–water partition coefficient (Wildman–Crippen LogP) is 0.883. The molecular formula is C12H16N2O3. The number of benzene rings is 1. The van der Waals surface area contributed by atoms with Crippen LogP contribution in [0.1, 0.15) is 23.2 Å². The zero-order valence-electron chi connectivity index (χ0n) is 9.48. The number of carbonyl (C=O) groups excluding carboxylic acids is 1. The minimum atomic E-state index is -0.290. The number of rotatable bonds is 2. The topological polar surface area (TPSA) is 84.6 Å². The van der Waals surface area contributed by atoms with Crippen molar-refractivity contribution in [3.8, 4) is 5.75 Å². The van der Waals surface area contributed by atoms with E-state index >= 15 is 0 Å². The zero-order chi connectivity index (χ0) is 12.3. The standard InChI is InChI=1S/C12H16N2O3/c13-10-3-1-2-9(11(10)15)12(16)14-8-4-6-17-7-5-8/h1-3,8,15H,4-7,13H2,(H,14,16). The molecule has 0 aliphatic carbocycles. The summed E-state index contributed by atoms with van der Waals surface area (Å²) in [5, 5.41) is 12.6. The summed E-state index contributed by atoms with van der Waals surface area (Å²) < 4.78 is 5.21. The van der Waals surface area contributed by atoms with E-state index in [2.05, 4.69) is 5.32 Å². The van der Waals surface area contributed by atoms with E-state index in [1.807, 2.05) is 0 Å². The van der Waals surface area contributed by atoms with Crippen molar-refractivity contribution in [3.63, 3.8) is 0 Å². The van der Waals surface area contributed by atoms with E-state index in [1.54, 1.807) is 18.2 Å². The Balaban J connectivity index is 2.06. The Hall–Kier alpha value is -1.75. The Labute approximate surface area is 99.6 Å². The number of anilines is 1. The van der Waals surface area contributed by atoms with Crippen LogP contribution in [-0.2, 0) is 4.74 Å². The van der Waals surface area contributed by atoms with Crippen LogP contribution < -0.4 is 11.1 Å². The van der Waals surface area contributed by atoms with E-state index in [-0.39, 0.29) is 28.9 Å². The molecule has 0 aromatic heterocycles. The maximum Gasteiger partial charge on any atom is 0.255 e. The van der Waals surface area contributed by atoms with Gasteiger partial charge in [-0.25, -0.2) is 0 Å². The van der Waals surface area contributed by atoms with Crippen LogP contribution in [0.2, 0.25) is 0 Å². The van der Waals surface area contributed by atoms with Crippen LogP contribution in [0.25, 0.3) is 0 Å². The Bertz CT molecular complexity index is 414. The normalized spacial score (nSPS) is 16.7. The second-order valence-corrected chi connectivity index (χ2v) is 4.10. The number of nitrogen functional groups attached to an aromatic ring is 1. The fourth-order valence-electron chi connectivity index (χ4n) is 1.85. The van der Waals surface area contributed by atoms with Crippen molar-refractivity contribution in [2.75, 3.05) is 18.9 Å². The van der Waals surface area contributed by atoms with Gasteiger partial charge in [-0.2, -0.15) is 0 Å². The number of amides is 1. The third kappa shape index (κ3) is 2.68. The first-order valence-corrected chi connectivity index (χ1v) is 5.64. The lowest BCUT2D eigenvalue weighted by Gasteiger charge is -2.23. The average molecular weight is 236 g/mol. The Morgan fingerprint density at radius 3 is 2.82 bits per heavy atom. The average Bonchev–Trinajstić information content (AvgIpc) is 2.34. The number of para-hydroxylation sites is 1. The minimum absolute atomic E-state index is 0.108. The van der Waals surface area contributed by atoms with Crippen LogP contribution in [0.3, 0.4) is 0 Å². The van der Waals surface area contributed by atoms with Gasteiger partial charge in [-0.1, -0.05) is 6.07 Å². The molecule has 1 heterocycles. The third-order valence-corrected chi connectivity index (χ3v) is 2.87. The van der Waals surface area contributed by atoms with Gasteiger partial charge in [-0.3, -0.25) is 4.79 Å². The second kappa shape index (κ2) is 5.05. The van der Waals surface area contributed by atoms with E-state index < -0.39 is 0 Å². The molecule has 0 unspecified atom stereocenters. The molecule has 1 fully saturated rings. The molecule has 0 saturated carbocycles. The molecule has 0 spiro atoms. The highest BCUT2D eigenvalue weighted by Crippen LogP contribution is 2.24. The monoisotopic (exact) mass is 236 g/mol. The van der Waals surface area contributed by atoms with Gasteiger partial charge in [0.05, 0.1) is 11.3 Å². The van der Waals surface area contributed by atoms with Crippen LogP contribution in [0, 0.1) is 0 Å². The molecule has 1 aliphatic rings. The molecule has 0 radical (unpaired) electrons. The molecule has 0 bridgehead atoms. The number of aromatic hydroxyl groups is 1. The van der Waals surface area contributed by atoms with Crippen LogP contribution in [-0.4, -0.2) is 30.3 Å². The van der Waals surface area contributed by atoms with Crippen molar-refractivity contribution >= 4 is 11.6 Å². The zero-order valence-corrected chi connectivity index (χ0v) is 9.48. The molecule has 1 aliphatic heterocycles. The maximum absolute atomic E-state index is 11.9. The molecule has 0 atom stereocenters. The lowest BCUT2D eigenvalue weighted by molar-refractivity contribution is 0.0695. The number of phenolic OH excluding ortho intramolecular Hbond substituents is 1. The number of hydrogen-bond acceptors (Lipinski definition) is 4. The number of ether oxygens (including phenoxy) is 1. The lowest BCUT2D eigenvalue weighted by Crippen LogP contribution is -2.38. The van der Waals surface area contributed by atoms with Gasteiger partial charge in [0.1, 0.15) is 0 Å². The largest absolute Gasteiger partial charge is 0.505 e. The molecule has 1 aromatic carbocycles. The van der Waals surface area contributed by atoms with E-state index in [1.165, 1.54) is 0 Å². The first-order valence-electron chi connectivity index (χ1n) is 5.64. The van der Waals surface area contributed by atoms with E-state index in [4.69, 9.17) is 10.5 Å². The van der Waals surface area contributed by atoms with Crippen molar-refractivity contribution in [1.82, 2.24) is 5.32 Å². The maximum atomic E-state index is 11.9. The summed E-state index contributed by atoms with van der Waals surface area (Å²) in [6, 6.07) is 4.87. The van der Waals surface area contributed by atoms with Crippen LogP contribution in [0.15, 0.2) is 18.2 Å². The third-order valence-electron chi connectivity index (χ3n) is 2.87. The van der Waals surface area contributed by atoms with Crippen LogP contribution in [0.4, 0.5) is 5.69 Å². The summed E-state index contributed by atoms with van der Waals surface area (Å²) in [7, 11) is 0. The first kappa shape index (κ1) is 11.7. The van der Waals surface area contributed by atoms with Gasteiger partial charge in [0.15, 0.2) is 5.75 Å². The fraction of sp³-hybridized carbons (Fsp3) is 0.417. The molecule has 5 heteroatoms. The summed E-state index contributed by atoms with van der Waals surface area (Å²) in [4.78, 5) is 11.9. The van der Waals surface area contributed by atoms with Crippen molar-refractivity contribution in [3.05, 3.63) is 23.8 Å². The van der Waals surface area contributed by atoms with Gasteiger partial charge in [-0.05, 0) is 25.0 Å². The van der Waals surface area contributed by atoms with Gasteiger partial charge in [-0.15, -0.1) is 0 Å².